The highest BCUT2D eigenvalue weighted by molar-refractivity contribution is 5.96. The Kier molecular flexibility index (Phi) is 9.24. The number of pyridine rings is 1. The number of aromatic nitrogens is 1. The van der Waals surface area contributed by atoms with Crippen molar-refractivity contribution in [3.63, 3.8) is 0 Å². The number of anilines is 1. The van der Waals surface area contributed by atoms with Gasteiger partial charge < -0.3 is 21.1 Å². The Balaban J connectivity index is 1.30. The van der Waals surface area contributed by atoms with Crippen LogP contribution in [0, 0.1) is 6.92 Å². The smallest absolute Gasteiger partial charge is 0.305 e. The molecular weight excluding hydrogens is 492 g/mol. The van der Waals surface area contributed by atoms with Gasteiger partial charge in [0.1, 0.15) is 5.82 Å². The summed E-state index contributed by atoms with van der Waals surface area (Å²) in [6.07, 6.45) is 2.28. The second-order valence-electron chi connectivity index (χ2n) is 9.39. The minimum absolute atomic E-state index is 0.226. The monoisotopic (exact) mass is 524 g/mol. The molecule has 0 aliphatic rings. The predicted octanol–water partition coefficient (Wildman–Crippen LogP) is 4.85. The quantitative estimate of drug-likeness (QED) is 0.197. The van der Waals surface area contributed by atoms with E-state index in [2.05, 4.69) is 39.1 Å². The molecule has 4 N–H and O–H groups in total. The van der Waals surface area contributed by atoms with Gasteiger partial charge in [0.25, 0.3) is 0 Å². The highest BCUT2D eigenvalue weighted by Gasteiger charge is 2.19. The summed E-state index contributed by atoms with van der Waals surface area (Å²) in [5.74, 6) is -0.976. The molecule has 0 radical (unpaired) electrons. The molecule has 8 nitrogen and oxygen atoms in total. The SMILES string of the molecule is Cc1ccnc(NCCCC(=O)NCC(=O)N[C@@H](CC(=O)O)c2ccc(-c3cccc4ccccc34)cc2)c1. The normalized spacial score (nSPS) is 11.5. The average molecular weight is 525 g/mol. The van der Waals surface area contributed by atoms with Gasteiger partial charge in [0, 0.05) is 19.2 Å². The fraction of sp³-hybridized carbons (Fsp3) is 0.226. The Morgan fingerprint density at radius 3 is 2.46 bits per heavy atom. The third-order valence-electron chi connectivity index (χ3n) is 6.38. The van der Waals surface area contributed by atoms with E-state index in [4.69, 9.17) is 0 Å². The molecule has 4 aromatic rings. The van der Waals surface area contributed by atoms with Gasteiger partial charge in [-0.25, -0.2) is 4.98 Å². The molecule has 0 saturated heterocycles. The lowest BCUT2D eigenvalue weighted by molar-refractivity contribution is -0.138. The molecule has 4 rings (SSSR count). The van der Waals surface area contributed by atoms with Crippen molar-refractivity contribution in [3.05, 3.63) is 96.2 Å². The maximum atomic E-state index is 12.6. The van der Waals surface area contributed by atoms with E-state index >= 15 is 0 Å². The number of aryl methyl sites for hydroxylation is 1. The van der Waals surface area contributed by atoms with Crippen LogP contribution in [0.2, 0.25) is 0 Å². The molecule has 200 valence electrons. The third kappa shape index (κ3) is 7.88. The molecule has 8 heteroatoms. The standard InChI is InChI=1S/C31H32N4O4/c1-21-15-17-33-28(18-21)32-16-5-10-29(36)34-20-30(37)35-27(19-31(38)39)24-13-11-23(12-14-24)26-9-4-7-22-6-2-3-8-25(22)26/h2-4,6-9,11-15,17-18,27H,5,10,16,19-20H2,1H3,(H,32,33)(H,34,36)(H,35,37)(H,38,39)/t27-/m0/s1. The van der Waals surface area contributed by atoms with E-state index < -0.39 is 17.9 Å². The van der Waals surface area contributed by atoms with Crippen LogP contribution in [0.3, 0.4) is 0 Å². The Morgan fingerprint density at radius 2 is 1.69 bits per heavy atom. The highest BCUT2D eigenvalue weighted by Crippen LogP contribution is 2.30. The number of hydrogen-bond donors (Lipinski definition) is 4. The van der Waals surface area contributed by atoms with Crippen molar-refractivity contribution in [1.82, 2.24) is 15.6 Å². The summed E-state index contributed by atoms with van der Waals surface area (Å²) in [7, 11) is 0. The fourth-order valence-electron chi connectivity index (χ4n) is 4.41. The van der Waals surface area contributed by atoms with Gasteiger partial charge in [-0.05, 0) is 58.5 Å². The van der Waals surface area contributed by atoms with Crippen molar-refractivity contribution in [1.29, 1.82) is 0 Å². The Morgan fingerprint density at radius 1 is 0.923 bits per heavy atom. The number of aliphatic carboxylic acids is 1. The number of carboxylic acid groups (broad SMARTS) is 1. The Hall–Kier alpha value is -4.72. The molecule has 0 unspecified atom stereocenters. The average Bonchev–Trinajstić information content (AvgIpc) is 2.93. The molecule has 1 heterocycles. The molecule has 1 atom stereocenters. The van der Waals surface area contributed by atoms with Gasteiger partial charge in [-0.1, -0.05) is 66.7 Å². The van der Waals surface area contributed by atoms with Crippen LogP contribution in [0.15, 0.2) is 85.1 Å². The van der Waals surface area contributed by atoms with Crippen LogP contribution in [0.1, 0.15) is 36.4 Å². The first-order valence-corrected chi connectivity index (χ1v) is 12.9. The van der Waals surface area contributed by atoms with Crippen LogP contribution in [-0.2, 0) is 14.4 Å². The Bertz CT molecular complexity index is 1450. The summed E-state index contributed by atoms with van der Waals surface area (Å²) in [5.41, 5.74) is 3.84. The number of rotatable bonds is 12. The van der Waals surface area contributed by atoms with Gasteiger partial charge in [-0.15, -0.1) is 0 Å². The predicted molar refractivity (Wildman–Crippen MR) is 152 cm³/mol. The number of nitrogens with one attached hydrogen (secondary N) is 3. The van der Waals surface area contributed by atoms with Gasteiger partial charge in [0.2, 0.25) is 11.8 Å². The molecule has 2 amide bonds. The lowest BCUT2D eigenvalue weighted by atomic mass is 9.95. The Labute approximate surface area is 227 Å². The molecular formula is C31H32N4O4. The molecule has 0 aliphatic heterocycles. The largest absolute Gasteiger partial charge is 0.481 e. The van der Waals surface area contributed by atoms with Gasteiger partial charge in [-0.3, -0.25) is 14.4 Å². The van der Waals surface area contributed by atoms with Crippen molar-refractivity contribution in [2.24, 2.45) is 0 Å². The van der Waals surface area contributed by atoms with Crippen LogP contribution in [0.4, 0.5) is 5.82 Å². The van der Waals surface area contributed by atoms with E-state index in [-0.39, 0.29) is 25.3 Å². The first-order valence-electron chi connectivity index (χ1n) is 12.9. The minimum atomic E-state index is -1.03. The maximum Gasteiger partial charge on any atom is 0.305 e. The van der Waals surface area contributed by atoms with E-state index in [0.717, 1.165) is 33.3 Å². The summed E-state index contributed by atoms with van der Waals surface area (Å²) in [4.78, 5) is 40.5. The second kappa shape index (κ2) is 13.2. The molecule has 0 spiro atoms. The first-order chi connectivity index (χ1) is 18.9. The minimum Gasteiger partial charge on any atom is -0.481 e. The number of hydrogen-bond acceptors (Lipinski definition) is 5. The van der Waals surface area contributed by atoms with E-state index in [0.29, 0.717) is 18.5 Å². The lowest BCUT2D eigenvalue weighted by Gasteiger charge is -2.18. The number of fused-ring (bicyclic) bond motifs is 1. The molecule has 0 aliphatic carbocycles. The molecule has 0 bridgehead atoms. The number of amides is 2. The summed E-state index contributed by atoms with van der Waals surface area (Å²) < 4.78 is 0. The number of carbonyl (C=O) groups is 3. The van der Waals surface area contributed by atoms with Gasteiger partial charge >= 0.3 is 5.97 Å². The molecule has 39 heavy (non-hydrogen) atoms. The van der Waals surface area contributed by atoms with Crippen molar-refractivity contribution in [2.45, 2.75) is 32.2 Å². The zero-order valence-electron chi connectivity index (χ0n) is 21.8. The summed E-state index contributed by atoms with van der Waals surface area (Å²) in [6, 6.07) is 24.9. The van der Waals surface area contributed by atoms with Crippen LogP contribution >= 0.6 is 0 Å². The topological polar surface area (TPSA) is 120 Å². The van der Waals surface area contributed by atoms with E-state index in [9.17, 15) is 19.5 Å². The second-order valence-corrected chi connectivity index (χ2v) is 9.39. The van der Waals surface area contributed by atoms with E-state index in [1.165, 1.54) is 0 Å². The third-order valence-corrected chi connectivity index (χ3v) is 6.38. The van der Waals surface area contributed by atoms with Crippen LogP contribution in [0.5, 0.6) is 0 Å². The van der Waals surface area contributed by atoms with E-state index in [1.807, 2.05) is 67.6 Å². The number of benzene rings is 3. The first kappa shape index (κ1) is 27.3. The van der Waals surface area contributed by atoms with Crippen molar-refractivity contribution in [2.75, 3.05) is 18.4 Å². The number of carboxylic acids is 1. The van der Waals surface area contributed by atoms with Crippen LogP contribution < -0.4 is 16.0 Å². The van der Waals surface area contributed by atoms with Crippen molar-refractivity contribution < 1.29 is 19.5 Å². The van der Waals surface area contributed by atoms with Gasteiger partial charge in [0.15, 0.2) is 0 Å². The maximum absolute atomic E-state index is 12.6. The zero-order valence-corrected chi connectivity index (χ0v) is 21.8. The molecule has 1 aromatic heterocycles. The fourth-order valence-corrected chi connectivity index (χ4v) is 4.41. The van der Waals surface area contributed by atoms with Gasteiger partial charge in [-0.2, -0.15) is 0 Å². The summed E-state index contributed by atoms with van der Waals surface area (Å²) in [5, 5.41) is 20.2. The summed E-state index contributed by atoms with van der Waals surface area (Å²) in [6.45, 7) is 2.33. The van der Waals surface area contributed by atoms with Gasteiger partial charge in [0.05, 0.1) is 19.0 Å². The van der Waals surface area contributed by atoms with Crippen molar-refractivity contribution >= 4 is 34.4 Å². The van der Waals surface area contributed by atoms with Crippen molar-refractivity contribution in [3.8, 4) is 11.1 Å². The number of carbonyl (C=O) groups excluding carboxylic acids is 2. The zero-order chi connectivity index (χ0) is 27.6. The molecule has 0 saturated carbocycles. The molecule has 3 aromatic carbocycles. The lowest BCUT2D eigenvalue weighted by Crippen LogP contribution is -2.39. The molecule has 0 fully saturated rings. The highest BCUT2D eigenvalue weighted by atomic mass is 16.4. The summed E-state index contributed by atoms with van der Waals surface area (Å²) >= 11 is 0. The number of nitrogens with zero attached hydrogens (tertiary/aromatic N) is 1. The van der Waals surface area contributed by atoms with Crippen LogP contribution in [-0.4, -0.2) is 41.0 Å². The van der Waals surface area contributed by atoms with Crippen LogP contribution in [0.25, 0.3) is 21.9 Å². The van der Waals surface area contributed by atoms with E-state index in [1.54, 1.807) is 6.20 Å².